The van der Waals surface area contributed by atoms with Gasteiger partial charge in [-0.25, -0.2) is 9.59 Å². The first-order valence-electron chi connectivity index (χ1n) is 10.7. The number of amides is 3. The first-order chi connectivity index (χ1) is 16.3. The van der Waals surface area contributed by atoms with Gasteiger partial charge in [-0.3, -0.25) is 9.59 Å². The average molecular weight is 486 g/mol. The Labute approximate surface area is 203 Å². The monoisotopic (exact) mass is 485 g/mol. The zero-order chi connectivity index (χ0) is 24.7. The number of rotatable bonds is 9. The molecule has 1 aliphatic rings. The fraction of sp³-hybridized carbons (Fsp3) is 0.333. The van der Waals surface area contributed by atoms with Gasteiger partial charge in [-0.2, -0.15) is 12.6 Å². The van der Waals surface area contributed by atoms with Gasteiger partial charge in [-0.1, -0.05) is 48.5 Å². The lowest BCUT2D eigenvalue weighted by molar-refractivity contribution is -0.145. The van der Waals surface area contributed by atoms with Crippen molar-refractivity contribution in [1.82, 2.24) is 16.0 Å². The van der Waals surface area contributed by atoms with Gasteiger partial charge in [0.15, 0.2) is 0 Å². The lowest BCUT2D eigenvalue weighted by Gasteiger charge is -2.21. The Morgan fingerprint density at radius 2 is 1.53 bits per heavy atom. The summed E-state index contributed by atoms with van der Waals surface area (Å²) in [4.78, 5) is 48.1. The number of methoxy groups -OCH3 is 1. The highest BCUT2D eigenvalue weighted by Gasteiger charge is 2.30. The number of alkyl carbamates (subject to hydrolysis) is 1. The number of carbonyl (C=O) groups excluding carboxylic acids is 4. The maximum Gasteiger partial charge on any atom is 0.407 e. The van der Waals surface area contributed by atoms with Crippen molar-refractivity contribution in [3.63, 3.8) is 0 Å². The fourth-order valence-electron chi connectivity index (χ4n) is 3.88. The summed E-state index contributed by atoms with van der Waals surface area (Å²) in [5.74, 6) is -1.88. The Morgan fingerprint density at radius 1 is 0.941 bits per heavy atom. The van der Waals surface area contributed by atoms with Gasteiger partial charge < -0.3 is 25.4 Å². The van der Waals surface area contributed by atoms with Gasteiger partial charge in [-0.15, -0.1) is 0 Å². The maximum absolute atomic E-state index is 12.4. The van der Waals surface area contributed by atoms with Crippen LogP contribution in [0, 0.1) is 0 Å². The highest BCUT2D eigenvalue weighted by Crippen LogP contribution is 2.44. The molecule has 0 unspecified atom stereocenters. The maximum atomic E-state index is 12.4. The third-order valence-corrected chi connectivity index (χ3v) is 5.84. The van der Waals surface area contributed by atoms with Crippen molar-refractivity contribution >= 4 is 36.5 Å². The Hall–Kier alpha value is -3.53. The summed E-state index contributed by atoms with van der Waals surface area (Å²) in [5, 5.41) is 7.38. The first-order valence-corrected chi connectivity index (χ1v) is 11.3. The Bertz CT molecular complexity index is 1030. The average Bonchev–Trinajstić information content (AvgIpc) is 3.16. The molecule has 0 radical (unpaired) electrons. The summed E-state index contributed by atoms with van der Waals surface area (Å²) in [6.07, 6.45) is -0.738. The minimum Gasteiger partial charge on any atom is -0.467 e. The van der Waals surface area contributed by atoms with E-state index in [1.807, 2.05) is 48.5 Å². The van der Waals surface area contributed by atoms with E-state index in [9.17, 15) is 19.2 Å². The SMILES string of the molecule is COC(=O)[C@H](CNC(=O)OCC1c2ccccc2-c2ccccc21)NC(=O)[C@H](CS)NC(C)=O. The molecule has 0 spiro atoms. The van der Waals surface area contributed by atoms with E-state index in [0.717, 1.165) is 22.3 Å². The molecule has 0 aliphatic heterocycles. The quantitative estimate of drug-likeness (QED) is 0.316. The van der Waals surface area contributed by atoms with E-state index >= 15 is 0 Å². The van der Waals surface area contributed by atoms with Crippen LogP contribution in [0.2, 0.25) is 0 Å². The molecule has 0 heterocycles. The van der Waals surface area contributed by atoms with E-state index in [-0.39, 0.29) is 24.8 Å². The molecule has 180 valence electrons. The van der Waals surface area contributed by atoms with E-state index < -0.39 is 36.0 Å². The second kappa shape index (κ2) is 11.6. The molecule has 3 rings (SSSR count). The highest BCUT2D eigenvalue weighted by atomic mass is 32.1. The second-order valence-electron chi connectivity index (χ2n) is 7.73. The topological polar surface area (TPSA) is 123 Å². The van der Waals surface area contributed by atoms with Crippen LogP contribution in [0.25, 0.3) is 11.1 Å². The number of hydrogen-bond donors (Lipinski definition) is 4. The van der Waals surface area contributed by atoms with Crippen LogP contribution >= 0.6 is 12.6 Å². The van der Waals surface area contributed by atoms with E-state index in [1.165, 1.54) is 14.0 Å². The van der Waals surface area contributed by atoms with Crippen LogP contribution < -0.4 is 16.0 Å². The van der Waals surface area contributed by atoms with Crippen molar-refractivity contribution in [1.29, 1.82) is 0 Å². The lowest BCUT2D eigenvalue weighted by atomic mass is 9.98. The Morgan fingerprint density at radius 3 is 2.06 bits per heavy atom. The number of ether oxygens (including phenoxy) is 2. The van der Waals surface area contributed by atoms with Crippen LogP contribution in [0.3, 0.4) is 0 Å². The van der Waals surface area contributed by atoms with Crippen LogP contribution in [0.4, 0.5) is 4.79 Å². The van der Waals surface area contributed by atoms with Gasteiger partial charge >= 0.3 is 12.1 Å². The van der Waals surface area contributed by atoms with Gasteiger partial charge in [0.25, 0.3) is 0 Å². The summed E-state index contributed by atoms with van der Waals surface area (Å²) < 4.78 is 10.2. The number of carbonyl (C=O) groups is 4. The summed E-state index contributed by atoms with van der Waals surface area (Å²) in [5.41, 5.74) is 4.37. The molecular weight excluding hydrogens is 458 g/mol. The molecule has 3 amide bonds. The lowest BCUT2D eigenvalue weighted by Crippen LogP contribution is -2.55. The van der Waals surface area contributed by atoms with Crippen molar-refractivity contribution in [2.75, 3.05) is 26.0 Å². The molecule has 0 fully saturated rings. The third kappa shape index (κ3) is 5.88. The minimum absolute atomic E-state index is 0.0269. The molecule has 2 atom stereocenters. The number of esters is 1. The number of thiol groups is 1. The van der Waals surface area contributed by atoms with Gasteiger partial charge in [0.1, 0.15) is 18.7 Å². The molecular formula is C24H27N3O6S. The second-order valence-corrected chi connectivity index (χ2v) is 8.09. The summed E-state index contributed by atoms with van der Waals surface area (Å²) in [6.45, 7) is 1.12. The standard InChI is InChI=1S/C24H27N3O6S/c1-14(28)26-21(13-34)22(29)27-20(23(30)32-2)11-25-24(31)33-12-19-17-9-5-3-7-15(17)16-8-4-6-10-18(16)19/h3-10,19-21,34H,11-13H2,1-2H3,(H,25,31)(H,26,28)(H,27,29)/t20-,21-/m0/s1. The minimum atomic E-state index is -1.17. The molecule has 10 heteroatoms. The van der Waals surface area contributed by atoms with Crippen LogP contribution in [-0.2, 0) is 23.9 Å². The van der Waals surface area contributed by atoms with E-state index in [4.69, 9.17) is 9.47 Å². The molecule has 34 heavy (non-hydrogen) atoms. The van der Waals surface area contributed by atoms with Crippen LogP contribution in [0.1, 0.15) is 24.0 Å². The van der Waals surface area contributed by atoms with E-state index in [1.54, 1.807) is 0 Å². The number of benzene rings is 2. The van der Waals surface area contributed by atoms with E-state index in [2.05, 4.69) is 28.6 Å². The number of hydrogen-bond acceptors (Lipinski definition) is 7. The predicted molar refractivity (Wildman–Crippen MR) is 128 cm³/mol. The molecule has 2 aromatic rings. The van der Waals surface area contributed by atoms with Crippen molar-refractivity contribution in [2.45, 2.75) is 24.9 Å². The normalized spacial score (nSPS) is 13.6. The van der Waals surface area contributed by atoms with Crippen LogP contribution in [0.15, 0.2) is 48.5 Å². The van der Waals surface area contributed by atoms with Gasteiger partial charge in [-0.05, 0) is 22.3 Å². The molecule has 2 aromatic carbocycles. The largest absolute Gasteiger partial charge is 0.467 e. The van der Waals surface area contributed by atoms with Crippen molar-refractivity contribution in [2.24, 2.45) is 0 Å². The first kappa shape index (κ1) is 25.1. The Balaban J connectivity index is 1.59. The van der Waals surface area contributed by atoms with Gasteiger partial charge in [0, 0.05) is 18.6 Å². The number of nitrogens with one attached hydrogen (secondary N) is 3. The fourth-order valence-corrected chi connectivity index (χ4v) is 4.14. The molecule has 9 nitrogen and oxygen atoms in total. The van der Waals surface area contributed by atoms with Crippen molar-refractivity contribution in [3.05, 3.63) is 59.7 Å². The van der Waals surface area contributed by atoms with Crippen LogP contribution in [-0.4, -0.2) is 62.0 Å². The molecule has 0 bridgehead atoms. The van der Waals surface area contributed by atoms with Crippen molar-refractivity contribution < 1.29 is 28.7 Å². The zero-order valence-corrected chi connectivity index (χ0v) is 19.8. The van der Waals surface area contributed by atoms with Crippen molar-refractivity contribution in [3.8, 4) is 11.1 Å². The summed E-state index contributed by atoms with van der Waals surface area (Å²) in [6, 6.07) is 13.8. The van der Waals surface area contributed by atoms with Crippen LogP contribution in [0.5, 0.6) is 0 Å². The smallest absolute Gasteiger partial charge is 0.407 e. The third-order valence-electron chi connectivity index (χ3n) is 5.47. The molecule has 0 aromatic heterocycles. The molecule has 3 N–H and O–H groups in total. The highest BCUT2D eigenvalue weighted by molar-refractivity contribution is 7.80. The zero-order valence-electron chi connectivity index (χ0n) is 18.9. The summed E-state index contributed by atoms with van der Waals surface area (Å²) in [7, 11) is 1.17. The Kier molecular flexibility index (Phi) is 8.53. The molecule has 0 saturated heterocycles. The van der Waals surface area contributed by atoms with Gasteiger partial charge in [0.2, 0.25) is 11.8 Å². The predicted octanol–water partition coefficient (Wildman–Crippen LogP) is 1.62. The summed E-state index contributed by atoms with van der Waals surface area (Å²) >= 11 is 4.04. The van der Waals surface area contributed by atoms with E-state index in [0.29, 0.717) is 0 Å². The molecule has 0 saturated carbocycles. The molecule has 1 aliphatic carbocycles. The number of fused-ring (bicyclic) bond motifs is 3. The van der Waals surface area contributed by atoms with Gasteiger partial charge in [0.05, 0.1) is 13.7 Å².